The fourth-order valence-electron chi connectivity index (χ4n) is 8.59. The third-order valence-electron chi connectivity index (χ3n) is 12.7. The van der Waals surface area contributed by atoms with Gasteiger partial charge in [-0.05, 0) is 25.7 Å². The number of carbonyl (C=O) groups is 3. The molecular weight excluding hydrogens is 751 g/mol. The predicted molar refractivity (Wildman–Crippen MR) is 252 cm³/mol. The van der Waals surface area contributed by atoms with Gasteiger partial charge in [0.05, 0.1) is 5.92 Å². The lowest BCUT2D eigenvalue weighted by atomic mass is 10.1. The number of hydrogen-bond donors (Lipinski definition) is 3. The van der Waals surface area contributed by atoms with Crippen LogP contribution >= 0.6 is 0 Å². The molecule has 0 bridgehead atoms. The molecule has 0 aromatic heterocycles. The highest BCUT2D eigenvalue weighted by Crippen LogP contribution is 2.52. The second kappa shape index (κ2) is 40.9. The zero-order valence-corrected chi connectivity index (χ0v) is 40.1. The second-order valence-corrected chi connectivity index (χ2v) is 18.2. The van der Waals surface area contributed by atoms with Gasteiger partial charge >= 0.3 is 18.3 Å². The molecule has 1 rings (SSSR count). The molecule has 3 unspecified atom stereocenters. The molecule has 1 aliphatic carbocycles. The smallest absolute Gasteiger partial charge is 0.407 e. The molecule has 0 radical (unpaired) electrons. The fraction of sp³-hybridized carbons (Fsp3) is 0.941. The summed E-state index contributed by atoms with van der Waals surface area (Å²) >= 11 is 0. The third-order valence-corrected chi connectivity index (χ3v) is 12.7. The monoisotopic (exact) mass is 850 g/mol. The molecule has 354 valence electrons. The number of hydrogen-bond acceptors (Lipinski definition) is 6. The van der Waals surface area contributed by atoms with Crippen LogP contribution < -0.4 is 16.0 Å². The number of ether oxygens (including phenoxy) is 3. The second-order valence-electron chi connectivity index (χ2n) is 18.2. The minimum absolute atomic E-state index is 0.0147. The highest BCUT2D eigenvalue weighted by atomic mass is 16.6. The van der Waals surface area contributed by atoms with Gasteiger partial charge in [-0.3, -0.25) is 0 Å². The lowest BCUT2D eigenvalue weighted by Gasteiger charge is -2.18. The van der Waals surface area contributed by atoms with Crippen molar-refractivity contribution in [1.82, 2.24) is 16.0 Å². The zero-order valence-electron chi connectivity index (χ0n) is 40.1. The molecule has 3 N–H and O–H groups in total. The van der Waals surface area contributed by atoms with Crippen LogP contribution in [0.5, 0.6) is 0 Å². The van der Waals surface area contributed by atoms with Crippen LogP contribution in [0.15, 0.2) is 0 Å². The Bertz CT molecular complexity index is 998. The van der Waals surface area contributed by atoms with Gasteiger partial charge in [-0.1, -0.05) is 240 Å². The van der Waals surface area contributed by atoms with Crippen LogP contribution in [0.2, 0.25) is 0 Å². The van der Waals surface area contributed by atoms with E-state index in [1.165, 1.54) is 193 Å². The van der Waals surface area contributed by atoms with Crippen molar-refractivity contribution < 1.29 is 28.6 Å². The average molecular weight is 850 g/mol. The quantitative estimate of drug-likeness (QED) is 0.0415. The zero-order chi connectivity index (χ0) is 43.6. The summed E-state index contributed by atoms with van der Waals surface area (Å²) in [6, 6.07) is 0. The summed E-state index contributed by atoms with van der Waals surface area (Å²) in [4.78, 5) is 38.6. The Morgan fingerprint density at radius 3 is 0.983 bits per heavy atom. The first-order chi connectivity index (χ1) is 29.4. The van der Waals surface area contributed by atoms with Gasteiger partial charge in [0.2, 0.25) is 0 Å². The Kier molecular flexibility index (Phi) is 38.0. The summed E-state index contributed by atoms with van der Waals surface area (Å²) in [6.07, 6.45) is 43.7. The topological polar surface area (TPSA) is 115 Å². The minimum Gasteiger partial charge on any atom is -0.449 e. The number of alkyl carbamates (subject to hydrolysis) is 3. The Morgan fingerprint density at radius 1 is 0.383 bits per heavy atom. The average Bonchev–Trinajstić information content (AvgIpc) is 3.84. The van der Waals surface area contributed by atoms with Gasteiger partial charge in [0, 0.05) is 19.6 Å². The summed E-state index contributed by atoms with van der Waals surface area (Å²) in [6.45, 7) is 10.4. The summed E-state index contributed by atoms with van der Waals surface area (Å²) in [5.41, 5.74) is -1.02. The maximum absolute atomic E-state index is 13.0. The maximum atomic E-state index is 13.0. The van der Waals surface area contributed by atoms with Crippen molar-refractivity contribution in [1.29, 1.82) is 0 Å². The standard InChI is InChI=1S/C51H99N3O6/c1-5-9-12-15-18-21-24-27-30-33-36-39-42-52-48(55)58-45-46-47(59-49(56)53-43-40-37-34-31-28-25-22-19-16-13-10-6-2)51(46,8-4)60-50(57)54-44-41-38-35-32-29-26-23-20-17-14-11-7-3/h46-47H,5-45H2,1-4H3,(H,52,55)(H,53,56)(H,54,57). The number of amides is 3. The third kappa shape index (κ3) is 30.8. The van der Waals surface area contributed by atoms with Gasteiger partial charge in [0.1, 0.15) is 6.61 Å². The van der Waals surface area contributed by atoms with Crippen molar-refractivity contribution in [3.05, 3.63) is 0 Å². The van der Waals surface area contributed by atoms with E-state index in [1.54, 1.807) is 0 Å². The predicted octanol–water partition coefficient (Wildman–Crippen LogP) is 15.4. The molecule has 0 spiro atoms. The molecule has 3 amide bonds. The molecule has 9 heteroatoms. The van der Waals surface area contributed by atoms with Crippen molar-refractivity contribution in [3.63, 3.8) is 0 Å². The molecule has 60 heavy (non-hydrogen) atoms. The fourth-order valence-corrected chi connectivity index (χ4v) is 8.59. The molecule has 0 aliphatic heterocycles. The number of rotatable bonds is 44. The molecule has 1 saturated carbocycles. The van der Waals surface area contributed by atoms with Gasteiger partial charge in [-0.15, -0.1) is 0 Å². The summed E-state index contributed by atoms with van der Waals surface area (Å²) < 4.78 is 17.5. The summed E-state index contributed by atoms with van der Waals surface area (Å²) in [5, 5.41) is 8.70. The van der Waals surface area contributed by atoms with Crippen molar-refractivity contribution in [2.75, 3.05) is 26.2 Å². The van der Waals surface area contributed by atoms with E-state index < -0.39 is 35.9 Å². The van der Waals surface area contributed by atoms with Gasteiger partial charge in [0.15, 0.2) is 11.7 Å². The molecule has 0 aromatic carbocycles. The van der Waals surface area contributed by atoms with Crippen LogP contribution in [0.25, 0.3) is 0 Å². The first-order valence-electron chi connectivity index (χ1n) is 26.3. The highest BCUT2D eigenvalue weighted by Gasteiger charge is 2.71. The summed E-state index contributed by atoms with van der Waals surface area (Å²) in [5.74, 6) is -0.422. The van der Waals surface area contributed by atoms with Crippen LogP contribution in [0, 0.1) is 5.92 Å². The van der Waals surface area contributed by atoms with Gasteiger partial charge in [-0.25, -0.2) is 14.4 Å². The molecule has 0 aromatic rings. The molecule has 0 heterocycles. The van der Waals surface area contributed by atoms with Crippen molar-refractivity contribution in [2.45, 2.75) is 277 Å². The van der Waals surface area contributed by atoms with Gasteiger partial charge < -0.3 is 30.2 Å². The molecule has 1 aliphatic rings. The molecular formula is C51H99N3O6. The number of nitrogens with one attached hydrogen (secondary N) is 3. The van der Waals surface area contributed by atoms with Crippen LogP contribution in [0.3, 0.4) is 0 Å². The largest absolute Gasteiger partial charge is 0.449 e. The van der Waals surface area contributed by atoms with E-state index in [1.807, 2.05) is 6.92 Å². The van der Waals surface area contributed by atoms with Crippen molar-refractivity contribution >= 4 is 18.3 Å². The molecule has 3 atom stereocenters. The first kappa shape index (κ1) is 55.8. The van der Waals surface area contributed by atoms with Crippen LogP contribution in [-0.2, 0) is 14.2 Å². The molecule has 1 fully saturated rings. The van der Waals surface area contributed by atoms with Gasteiger partial charge in [-0.2, -0.15) is 0 Å². The van der Waals surface area contributed by atoms with E-state index in [2.05, 4.69) is 36.7 Å². The van der Waals surface area contributed by atoms with E-state index in [9.17, 15) is 14.4 Å². The normalized spacial score (nSPS) is 17.0. The van der Waals surface area contributed by atoms with E-state index in [0.29, 0.717) is 26.1 Å². The van der Waals surface area contributed by atoms with E-state index in [-0.39, 0.29) is 6.61 Å². The molecule has 0 saturated heterocycles. The highest BCUT2D eigenvalue weighted by molar-refractivity contribution is 5.70. The number of unbranched alkanes of at least 4 members (excludes halogenated alkanes) is 33. The van der Waals surface area contributed by atoms with E-state index in [0.717, 1.165) is 38.5 Å². The SMILES string of the molecule is CCCCCCCCCCCCCCNC(=O)OCC1C(OC(=O)NCCCCCCCCCCCCCC)C1(CC)OC(=O)NCCCCCCCCCCCCCC. The molecule has 9 nitrogen and oxygen atoms in total. The van der Waals surface area contributed by atoms with Gasteiger partial charge in [0.25, 0.3) is 0 Å². The van der Waals surface area contributed by atoms with Crippen LogP contribution in [0.1, 0.15) is 265 Å². The van der Waals surface area contributed by atoms with E-state index >= 15 is 0 Å². The van der Waals surface area contributed by atoms with Crippen LogP contribution in [-0.4, -0.2) is 56.2 Å². The Morgan fingerprint density at radius 2 is 0.667 bits per heavy atom. The Hall–Kier alpha value is -2.19. The van der Waals surface area contributed by atoms with E-state index in [4.69, 9.17) is 14.2 Å². The Balaban J connectivity index is 2.41. The first-order valence-corrected chi connectivity index (χ1v) is 26.3. The maximum Gasteiger partial charge on any atom is 0.407 e. The Labute approximate surface area is 370 Å². The lowest BCUT2D eigenvalue weighted by Crippen LogP contribution is -2.35. The van der Waals surface area contributed by atoms with Crippen molar-refractivity contribution in [3.8, 4) is 0 Å². The lowest BCUT2D eigenvalue weighted by molar-refractivity contribution is 0.0318. The van der Waals surface area contributed by atoms with Crippen molar-refractivity contribution in [2.24, 2.45) is 5.92 Å². The summed E-state index contributed by atoms with van der Waals surface area (Å²) in [7, 11) is 0. The number of carbonyl (C=O) groups excluding carboxylic acids is 3. The van der Waals surface area contributed by atoms with Crippen LogP contribution in [0.4, 0.5) is 14.4 Å². The minimum atomic E-state index is -1.02.